The van der Waals surface area contributed by atoms with E-state index >= 15 is 0 Å². The van der Waals surface area contributed by atoms with Gasteiger partial charge >= 0.3 is 0 Å². The molecule has 2 aromatic heterocycles. The predicted octanol–water partition coefficient (Wildman–Crippen LogP) is 0.00690. The van der Waals surface area contributed by atoms with Gasteiger partial charge in [-0.1, -0.05) is 43.5 Å². The summed E-state index contributed by atoms with van der Waals surface area (Å²) in [4.78, 5) is 0. The number of nitrogens with zero attached hydrogens (tertiary/aromatic N) is 2. The van der Waals surface area contributed by atoms with Crippen LogP contribution in [0, 0.1) is 0 Å². The van der Waals surface area contributed by atoms with Crippen LogP contribution in [0.3, 0.4) is 0 Å². The number of unbranched alkanes of at least 4 members (excludes halogenated alkanes) is 6. The summed E-state index contributed by atoms with van der Waals surface area (Å²) in [5, 5.41) is 2.66. The zero-order valence-corrected chi connectivity index (χ0v) is 22.4. The van der Waals surface area contributed by atoms with Gasteiger partial charge in [0.25, 0.3) is 0 Å². The summed E-state index contributed by atoms with van der Waals surface area (Å²) in [5.74, 6) is 0. The fourth-order valence-corrected chi connectivity index (χ4v) is 4.28. The van der Waals surface area contributed by atoms with Crippen molar-refractivity contribution < 1.29 is 57.1 Å². The highest BCUT2D eigenvalue weighted by Gasteiger charge is 2.08. The zero-order valence-electron chi connectivity index (χ0n) is 18.1. The molecular weight excluding hydrogens is 606 g/mol. The first kappa shape index (κ1) is 26.0. The van der Waals surface area contributed by atoms with E-state index < -0.39 is 0 Å². The molecule has 0 bridgehead atoms. The van der Waals surface area contributed by atoms with Crippen LogP contribution in [-0.2, 0) is 13.1 Å². The van der Waals surface area contributed by atoms with Gasteiger partial charge in [-0.15, -0.1) is 0 Å². The molecule has 0 aliphatic rings. The Bertz CT molecular complexity index is 969. The van der Waals surface area contributed by atoms with Crippen LogP contribution in [0.25, 0.3) is 21.8 Å². The maximum Gasteiger partial charge on any atom is 0.212 e. The number of aryl methyl sites for hydroxylation is 2. The van der Waals surface area contributed by atoms with E-state index in [9.17, 15) is 0 Å². The zero-order chi connectivity index (χ0) is 19.7. The summed E-state index contributed by atoms with van der Waals surface area (Å²) >= 11 is 0. The summed E-state index contributed by atoms with van der Waals surface area (Å²) in [6, 6.07) is 26.1. The Morgan fingerprint density at radius 3 is 1.23 bits per heavy atom. The Morgan fingerprint density at radius 1 is 0.419 bits per heavy atom. The number of pyridine rings is 2. The van der Waals surface area contributed by atoms with Gasteiger partial charge < -0.3 is 48.0 Å². The molecule has 2 aromatic carbocycles. The van der Waals surface area contributed by atoms with Crippen molar-refractivity contribution in [3.63, 3.8) is 0 Å². The van der Waals surface area contributed by atoms with Crippen LogP contribution >= 0.6 is 0 Å². The number of halogens is 2. The number of para-hydroxylation sites is 2. The van der Waals surface area contributed by atoms with Gasteiger partial charge in [-0.2, -0.15) is 9.13 Å². The minimum absolute atomic E-state index is 0. The van der Waals surface area contributed by atoms with E-state index in [0.29, 0.717) is 0 Å². The van der Waals surface area contributed by atoms with Crippen molar-refractivity contribution in [1.82, 2.24) is 0 Å². The van der Waals surface area contributed by atoms with Crippen LogP contribution in [0.5, 0.6) is 0 Å². The van der Waals surface area contributed by atoms with Crippen LogP contribution in [-0.4, -0.2) is 0 Å². The minimum atomic E-state index is 0. The van der Waals surface area contributed by atoms with Crippen molar-refractivity contribution in [3.8, 4) is 0 Å². The Hall–Kier alpha value is -1.28. The monoisotopic (exact) mass is 638 g/mol. The van der Waals surface area contributed by atoms with E-state index in [1.54, 1.807) is 0 Å². The molecule has 0 unspecified atom stereocenters. The second kappa shape index (κ2) is 14.0. The third-order valence-corrected chi connectivity index (χ3v) is 5.87. The summed E-state index contributed by atoms with van der Waals surface area (Å²) in [5.41, 5.74) is 2.70. The van der Waals surface area contributed by atoms with Crippen molar-refractivity contribution in [2.75, 3.05) is 0 Å². The number of benzene rings is 2. The number of rotatable bonds is 10. The molecule has 0 N–H and O–H groups in total. The van der Waals surface area contributed by atoms with Crippen LogP contribution < -0.4 is 57.1 Å². The molecule has 2 nitrogen and oxygen atoms in total. The third kappa shape index (κ3) is 7.38. The van der Waals surface area contributed by atoms with Crippen molar-refractivity contribution in [1.29, 1.82) is 0 Å². The Morgan fingerprint density at radius 2 is 0.774 bits per heavy atom. The minimum Gasteiger partial charge on any atom is -1.00 e. The van der Waals surface area contributed by atoms with Crippen LogP contribution in [0.4, 0.5) is 0 Å². The number of hydrogen-bond donors (Lipinski definition) is 0. The third-order valence-electron chi connectivity index (χ3n) is 5.87. The van der Waals surface area contributed by atoms with E-state index in [-0.39, 0.29) is 48.0 Å². The molecule has 0 atom stereocenters. The van der Waals surface area contributed by atoms with E-state index in [4.69, 9.17) is 0 Å². The lowest BCUT2D eigenvalue weighted by molar-refractivity contribution is -0.672. The standard InChI is InChI=1S/C27H32N2.2HI/c1(2-4-10-20-28-22-12-16-24-14-6-8-18-26(24)28)3-5-11-21-29-23-13-17-25-15-7-9-19-27(25)29;;/h6-9,12-19,22-23H,1-5,10-11,20-21H2;2*1H/q+2;;/p-2. The van der Waals surface area contributed by atoms with E-state index in [1.807, 2.05) is 0 Å². The second-order valence-corrected chi connectivity index (χ2v) is 8.00. The molecule has 0 saturated carbocycles. The van der Waals surface area contributed by atoms with Crippen LogP contribution in [0.15, 0.2) is 85.2 Å². The number of hydrogen-bond acceptors (Lipinski definition) is 0. The SMILES string of the molecule is [I-].[I-].c1ccc2c(c1)ccc[n+]2CCCCCCCCC[n+]1cccc2ccccc21. The molecule has 31 heavy (non-hydrogen) atoms. The molecule has 0 amide bonds. The smallest absolute Gasteiger partial charge is 0.212 e. The Balaban J connectivity index is 0.00000171. The topological polar surface area (TPSA) is 7.76 Å². The summed E-state index contributed by atoms with van der Waals surface area (Å²) in [6.07, 6.45) is 13.7. The van der Waals surface area contributed by atoms with Crippen molar-refractivity contribution in [2.24, 2.45) is 0 Å². The maximum absolute atomic E-state index is 2.40. The van der Waals surface area contributed by atoms with Gasteiger partial charge in [0.15, 0.2) is 12.4 Å². The normalized spacial score (nSPS) is 10.6. The number of fused-ring (bicyclic) bond motifs is 2. The van der Waals surface area contributed by atoms with E-state index in [0.717, 1.165) is 13.1 Å². The van der Waals surface area contributed by atoms with Gasteiger partial charge in [-0.3, -0.25) is 0 Å². The molecule has 4 heteroatoms. The molecule has 4 aromatic rings. The van der Waals surface area contributed by atoms with E-state index in [1.165, 1.54) is 66.8 Å². The number of aromatic nitrogens is 2. The van der Waals surface area contributed by atoms with Crippen molar-refractivity contribution >= 4 is 21.8 Å². The van der Waals surface area contributed by atoms with Crippen LogP contribution in [0.1, 0.15) is 44.9 Å². The Kier molecular flexibility index (Phi) is 11.7. The largest absolute Gasteiger partial charge is 1.00 e. The molecule has 0 aliphatic heterocycles. The predicted molar refractivity (Wildman–Crippen MR) is 121 cm³/mol. The highest BCUT2D eigenvalue weighted by molar-refractivity contribution is 5.75. The van der Waals surface area contributed by atoms with Gasteiger partial charge in [0, 0.05) is 47.9 Å². The molecule has 4 rings (SSSR count). The van der Waals surface area contributed by atoms with Gasteiger partial charge in [0.05, 0.1) is 0 Å². The fraction of sp³-hybridized carbons (Fsp3) is 0.333. The summed E-state index contributed by atoms with van der Waals surface area (Å²) in [7, 11) is 0. The molecule has 2 heterocycles. The lowest BCUT2D eigenvalue weighted by Gasteiger charge is -2.03. The lowest BCUT2D eigenvalue weighted by atomic mass is 10.1. The maximum atomic E-state index is 2.40. The first-order chi connectivity index (χ1) is 14.4. The molecule has 0 spiro atoms. The van der Waals surface area contributed by atoms with E-state index in [2.05, 4.69) is 94.3 Å². The lowest BCUT2D eigenvalue weighted by Crippen LogP contribution is -3.00. The average molecular weight is 638 g/mol. The summed E-state index contributed by atoms with van der Waals surface area (Å²) < 4.78 is 4.80. The first-order valence-corrected chi connectivity index (χ1v) is 11.2. The van der Waals surface area contributed by atoms with Crippen LogP contribution in [0.2, 0.25) is 0 Å². The van der Waals surface area contributed by atoms with Gasteiger partial charge in [0.1, 0.15) is 13.1 Å². The molecule has 0 saturated heterocycles. The average Bonchev–Trinajstić information content (AvgIpc) is 2.78. The molecule has 0 radical (unpaired) electrons. The van der Waals surface area contributed by atoms with Gasteiger partial charge in [-0.25, -0.2) is 0 Å². The van der Waals surface area contributed by atoms with Gasteiger partial charge in [0.2, 0.25) is 11.0 Å². The molecular formula is C27H32I2N2. The first-order valence-electron chi connectivity index (χ1n) is 11.2. The molecule has 164 valence electrons. The highest BCUT2D eigenvalue weighted by atomic mass is 127. The summed E-state index contributed by atoms with van der Waals surface area (Å²) in [6.45, 7) is 2.25. The quantitative estimate of drug-likeness (QED) is 0.132. The van der Waals surface area contributed by atoms with Crippen molar-refractivity contribution in [3.05, 3.63) is 85.2 Å². The second-order valence-electron chi connectivity index (χ2n) is 8.00. The Labute approximate surface area is 220 Å². The molecule has 0 fully saturated rings. The fourth-order valence-electron chi connectivity index (χ4n) is 4.28. The molecule has 0 aliphatic carbocycles. The van der Waals surface area contributed by atoms with Gasteiger partial charge in [-0.05, 0) is 37.1 Å². The van der Waals surface area contributed by atoms with Crippen molar-refractivity contribution in [2.45, 2.75) is 58.0 Å². The highest BCUT2D eigenvalue weighted by Crippen LogP contribution is 2.11.